The predicted octanol–water partition coefficient (Wildman–Crippen LogP) is 3.52. The molecule has 0 spiro atoms. The quantitative estimate of drug-likeness (QED) is 0.638. The fraction of sp³-hybridized carbons (Fsp3) is 0.333. The van der Waals surface area contributed by atoms with Crippen LogP contribution in [-0.4, -0.2) is 0 Å². The molecule has 0 radical (unpaired) electrons. The highest BCUT2D eigenvalue weighted by Crippen LogP contribution is 2.07. The third-order valence-corrected chi connectivity index (χ3v) is 1.94. The maximum absolute atomic E-state index is 5.59. The van der Waals surface area contributed by atoms with Crippen molar-refractivity contribution in [1.29, 1.82) is 0 Å². The number of ether oxygens (including phenoxy) is 1. The van der Waals surface area contributed by atoms with Crippen LogP contribution in [0, 0.1) is 0 Å². The second-order valence-corrected chi connectivity index (χ2v) is 2.88. The van der Waals surface area contributed by atoms with E-state index >= 15 is 0 Å². The minimum atomic E-state index is 0.675. The lowest BCUT2D eigenvalue weighted by Crippen LogP contribution is -1.91. The standard InChI is InChI=1S/C12H16O/c1-3-12(4-2)13-10-11-8-6-5-7-9-11/h3,5-9H,4,10H2,1-2H3/b12-3+. The third-order valence-electron chi connectivity index (χ3n) is 1.94. The van der Waals surface area contributed by atoms with E-state index in [0.29, 0.717) is 6.61 Å². The Kier molecular flexibility index (Phi) is 4.10. The van der Waals surface area contributed by atoms with Gasteiger partial charge in [0.1, 0.15) is 6.61 Å². The third kappa shape index (κ3) is 3.32. The summed E-state index contributed by atoms with van der Waals surface area (Å²) in [5.41, 5.74) is 1.22. The Hall–Kier alpha value is -1.24. The lowest BCUT2D eigenvalue weighted by molar-refractivity contribution is 0.191. The van der Waals surface area contributed by atoms with Gasteiger partial charge in [-0.25, -0.2) is 0 Å². The Balaban J connectivity index is 2.43. The van der Waals surface area contributed by atoms with Crippen molar-refractivity contribution in [2.24, 2.45) is 0 Å². The summed E-state index contributed by atoms with van der Waals surface area (Å²) in [7, 11) is 0. The second kappa shape index (κ2) is 5.41. The SMILES string of the molecule is C/C=C(\CC)OCc1ccccc1. The maximum atomic E-state index is 5.59. The molecule has 0 atom stereocenters. The van der Waals surface area contributed by atoms with Crippen LogP contribution in [0.3, 0.4) is 0 Å². The fourth-order valence-corrected chi connectivity index (χ4v) is 1.14. The molecule has 0 bridgehead atoms. The normalized spacial score (nSPS) is 11.4. The van der Waals surface area contributed by atoms with Gasteiger partial charge in [0.2, 0.25) is 0 Å². The van der Waals surface area contributed by atoms with E-state index in [2.05, 4.69) is 19.1 Å². The fourth-order valence-electron chi connectivity index (χ4n) is 1.14. The van der Waals surface area contributed by atoms with Gasteiger partial charge in [-0.05, 0) is 18.6 Å². The van der Waals surface area contributed by atoms with Crippen LogP contribution in [0.25, 0.3) is 0 Å². The summed E-state index contributed by atoms with van der Waals surface area (Å²) in [6, 6.07) is 10.2. The zero-order valence-corrected chi connectivity index (χ0v) is 8.29. The molecule has 0 saturated heterocycles. The van der Waals surface area contributed by atoms with Crippen LogP contribution in [0.5, 0.6) is 0 Å². The van der Waals surface area contributed by atoms with Gasteiger partial charge in [-0.3, -0.25) is 0 Å². The zero-order valence-electron chi connectivity index (χ0n) is 8.29. The molecule has 1 aromatic carbocycles. The molecule has 1 aromatic rings. The van der Waals surface area contributed by atoms with Crippen molar-refractivity contribution in [1.82, 2.24) is 0 Å². The monoisotopic (exact) mass is 176 g/mol. The summed E-state index contributed by atoms with van der Waals surface area (Å²) in [5.74, 6) is 1.06. The van der Waals surface area contributed by atoms with Crippen LogP contribution < -0.4 is 0 Å². The minimum Gasteiger partial charge on any atom is -0.494 e. The first-order valence-corrected chi connectivity index (χ1v) is 4.68. The highest BCUT2D eigenvalue weighted by Gasteiger charge is 1.94. The van der Waals surface area contributed by atoms with E-state index in [4.69, 9.17) is 4.74 Å². The van der Waals surface area contributed by atoms with Crippen molar-refractivity contribution >= 4 is 0 Å². The lowest BCUT2D eigenvalue weighted by atomic mass is 10.2. The van der Waals surface area contributed by atoms with Crippen LogP contribution in [-0.2, 0) is 11.3 Å². The van der Waals surface area contributed by atoms with Crippen molar-refractivity contribution in [3.05, 3.63) is 47.7 Å². The van der Waals surface area contributed by atoms with Gasteiger partial charge in [0.25, 0.3) is 0 Å². The highest BCUT2D eigenvalue weighted by atomic mass is 16.5. The van der Waals surface area contributed by atoms with Gasteiger partial charge in [0.05, 0.1) is 5.76 Å². The van der Waals surface area contributed by atoms with E-state index < -0.39 is 0 Å². The lowest BCUT2D eigenvalue weighted by Gasteiger charge is -2.07. The molecule has 0 aliphatic rings. The Labute approximate surface area is 80.0 Å². The van der Waals surface area contributed by atoms with Crippen LogP contribution in [0.4, 0.5) is 0 Å². The van der Waals surface area contributed by atoms with Gasteiger partial charge >= 0.3 is 0 Å². The largest absolute Gasteiger partial charge is 0.494 e. The number of benzene rings is 1. The van der Waals surface area contributed by atoms with Gasteiger partial charge in [-0.15, -0.1) is 0 Å². The van der Waals surface area contributed by atoms with E-state index in [0.717, 1.165) is 12.2 Å². The Morgan fingerprint density at radius 1 is 1.31 bits per heavy atom. The first-order chi connectivity index (χ1) is 6.36. The van der Waals surface area contributed by atoms with E-state index in [1.54, 1.807) is 0 Å². The molecule has 1 rings (SSSR count). The Morgan fingerprint density at radius 3 is 2.54 bits per heavy atom. The molecule has 0 fully saturated rings. The topological polar surface area (TPSA) is 9.23 Å². The molecule has 1 heteroatoms. The Bertz CT molecular complexity index is 262. The van der Waals surface area contributed by atoms with E-state index in [1.165, 1.54) is 5.56 Å². The summed E-state index contributed by atoms with van der Waals surface area (Å²) in [5, 5.41) is 0. The number of allylic oxidation sites excluding steroid dienone is 2. The number of hydrogen-bond donors (Lipinski definition) is 0. The summed E-state index contributed by atoms with van der Waals surface area (Å²) in [6.07, 6.45) is 2.98. The first-order valence-electron chi connectivity index (χ1n) is 4.68. The molecule has 0 saturated carbocycles. The van der Waals surface area contributed by atoms with Gasteiger partial charge in [0.15, 0.2) is 0 Å². The summed E-state index contributed by atoms with van der Waals surface area (Å²) in [4.78, 5) is 0. The van der Waals surface area contributed by atoms with Crippen molar-refractivity contribution in [3.63, 3.8) is 0 Å². The number of rotatable bonds is 4. The van der Waals surface area contributed by atoms with Crippen molar-refractivity contribution < 1.29 is 4.74 Å². The average Bonchev–Trinajstić information content (AvgIpc) is 2.21. The van der Waals surface area contributed by atoms with E-state index in [9.17, 15) is 0 Å². The summed E-state index contributed by atoms with van der Waals surface area (Å²) >= 11 is 0. The predicted molar refractivity (Wildman–Crippen MR) is 55.3 cm³/mol. The maximum Gasteiger partial charge on any atom is 0.113 e. The molecule has 0 aliphatic heterocycles. The molecule has 13 heavy (non-hydrogen) atoms. The molecule has 0 aromatic heterocycles. The smallest absolute Gasteiger partial charge is 0.113 e. The molecule has 0 heterocycles. The molecule has 70 valence electrons. The van der Waals surface area contributed by atoms with Crippen LogP contribution in [0.1, 0.15) is 25.8 Å². The molecular formula is C12H16O. The van der Waals surface area contributed by atoms with Crippen LogP contribution >= 0.6 is 0 Å². The average molecular weight is 176 g/mol. The molecule has 0 amide bonds. The minimum absolute atomic E-state index is 0.675. The molecule has 0 unspecified atom stereocenters. The van der Waals surface area contributed by atoms with Crippen LogP contribution in [0.15, 0.2) is 42.2 Å². The van der Waals surface area contributed by atoms with Crippen LogP contribution in [0.2, 0.25) is 0 Å². The van der Waals surface area contributed by atoms with Crippen molar-refractivity contribution in [2.75, 3.05) is 0 Å². The van der Waals surface area contributed by atoms with Crippen molar-refractivity contribution in [3.8, 4) is 0 Å². The molecule has 1 nitrogen and oxygen atoms in total. The summed E-state index contributed by atoms with van der Waals surface area (Å²) < 4.78 is 5.59. The number of hydrogen-bond acceptors (Lipinski definition) is 1. The highest BCUT2D eigenvalue weighted by molar-refractivity contribution is 5.13. The van der Waals surface area contributed by atoms with Crippen molar-refractivity contribution in [2.45, 2.75) is 26.9 Å². The van der Waals surface area contributed by atoms with Gasteiger partial charge in [0, 0.05) is 6.42 Å². The molecule has 0 aliphatic carbocycles. The van der Waals surface area contributed by atoms with Gasteiger partial charge < -0.3 is 4.74 Å². The molecule has 0 N–H and O–H groups in total. The van der Waals surface area contributed by atoms with E-state index in [-0.39, 0.29) is 0 Å². The van der Waals surface area contributed by atoms with Gasteiger partial charge in [-0.1, -0.05) is 37.3 Å². The van der Waals surface area contributed by atoms with E-state index in [1.807, 2.05) is 31.2 Å². The molecular weight excluding hydrogens is 160 g/mol. The summed E-state index contributed by atoms with van der Waals surface area (Å²) in [6.45, 7) is 4.78. The first kappa shape index (κ1) is 9.85. The zero-order chi connectivity index (χ0) is 9.52. The van der Waals surface area contributed by atoms with Gasteiger partial charge in [-0.2, -0.15) is 0 Å². The second-order valence-electron chi connectivity index (χ2n) is 2.88. The Morgan fingerprint density at radius 2 is 2.00 bits per heavy atom.